The zero-order valence-corrected chi connectivity index (χ0v) is 17.2. The van der Waals surface area contributed by atoms with Gasteiger partial charge in [-0.05, 0) is 31.5 Å². The maximum Gasteiger partial charge on any atom is 0.242 e. The van der Waals surface area contributed by atoms with Gasteiger partial charge in [0.25, 0.3) is 0 Å². The van der Waals surface area contributed by atoms with Crippen LogP contribution in [0.15, 0.2) is 30.7 Å². The monoisotopic (exact) mass is 398 g/mol. The van der Waals surface area contributed by atoms with Gasteiger partial charge in [-0.1, -0.05) is 6.07 Å². The van der Waals surface area contributed by atoms with Gasteiger partial charge in [0.05, 0.1) is 25.8 Å². The van der Waals surface area contributed by atoms with E-state index in [1.165, 1.54) is 6.33 Å². The van der Waals surface area contributed by atoms with Crippen LogP contribution in [-0.2, 0) is 17.9 Å². The lowest BCUT2D eigenvalue weighted by molar-refractivity contribution is -0.121. The van der Waals surface area contributed by atoms with Crippen LogP contribution in [0.4, 0.5) is 5.82 Å². The summed E-state index contributed by atoms with van der Waals surface area (Å²) in [4.78, 5) is 23.3. The van der Waals surface area contributed by atoms with Crippen molar-refractivity contribution in [2.75, 3.05) is 32.2 Å². The average molecular weight is 398 g/mol. The Balaban J connectivity index is 1.70. The van der Waals surface area contributed by atoms with E-state index in [1.54, 1.807) is 25.1 Å². The molecular weight excluding hydrogens is 372 g/mol. The Labute approximate surface area is 169 Å². The number of rotatable bonds is 9. The first-order chi connectivity index (χ1) is 14.1. The standard InChI is InChI=1S/C20H26N6O3/c1-5-25(6-2)19-15-11-24-26(20(15)23-13-22-19)12-18(27)21-10-14-7-8-16(28-3)17(9-14)29-4/h7-9,11,13H,5-6,10,12H2,1-4H3,(H,21,27). The van der Waals surface area contributed by atoms with Gasteiger partial charge in [0, 0.05) is 19.6 Å². The van der Waals surface area contributed by atoms with Crippen LogP contribution >= 0.6 is 0 Å². The Bertz CT molecular complexity index is 984. The highest BCUT2D eigenvalue weighted by Gasteiger charge is 2.15. The molecule has 2 heterocycles. The molecule has 0 saturated heterocycles. The lowest BCUT2D eigenvalue weighted by Crippen LogP contribution is -2.27. The lowest BCUT2D eigenvalue weighted by atomic mass is 10.2. The van der Waals surface area contributed by atoms with Crippen molar-refractivity contribution in [3.8, 4) is 11.5 Å². The molecule has 0 radical (unpaired) electrons. The predicted molar refractivity (Wildman–Crippen MR) is 110 cm³/mol. The first-order valence-corrected chi connectivity index (χ1v) is 9.50. The van der Waals surface area contributed by atoms with E-state index in [9.17, 15) is 4.79 Å². The molecule has 154 valence electrons. The molecule has 3 aromatic rings. The number of hydrogen-bond acceptors (Lipinski definition) is 7. The van der Waals surface area contributed by atoms with Crippen LogP contribution in [0.1, 0.15) is 19.4 Å². The van der Waals surface area contributed by atoms with Crippen LogP contribution in [0, 0.1) is 0 Å². The molecule has 0 aliphatic heterocycles. The fraction of sp³-hybridized carbons (Fsp3) is 0.400. The predicted octanol–water partition coefficient (Wildman–Crippen LogP) is 2.01. The van der Waals surface area contributed by atoms with Gasteiger partial charge >= 0.3 is 0 Å². The number of ether oxygens (including phenoxy) is 2. The summed E-state index contributed by atoms with van der Waals surface area (Å²) in [6.07, 6.45) is 3.22. The number of carbonyl (C=O) groups is 1. The first-order valence-electron chi connectivity index (χ1n) is 9.50. The van der Waals surface area contributed by atoms with Crippen LogP contribution in [0.3, 0.4) is 0 Å². The Morgan fingerprint density at radius 3 is 2.59 bits per heavy atom. The molecule has 1 N–H and O–H groups in total. The van der Waals surface area contributed by atoms with Crippen molar-refractivity contribution < 1.29 is 14.3 Å². The number of nitrogens with zero attached hydrogens (tertiary/aromatic N) is 5. The molecule has 2 aromatic heterocycles. The molecule has 0 fully saturated rings. The summed E-state index contributed by atoms with van der Waals surface area (Å²) in [6.45, 7) is 6.26. The van der Waals surface area contributed by atoms with Crippen molar-refractivity contribution in [1.29, 1.82) is 0 Å². The molecule has 1 aromatic carbocycles. The summed E-state index contributed by atoms with van der Waals surface area (Å²) >= 11 is 0. The van der Waals surface area contributed by atoms with Crippen molar-refractivity contribution in [3.63, 3.8) is 0 Å². The molecule has 9 nitrogen and oxygen atoms in total. The summed E-state index contributed by atoms with van der Waals surface area (Å²) in [5, 5.41) is 8.08. The minimum absolute atomic E-state index is 0.0749. The smallest absolute Gasteiger partial charge is 0.242 e. The molecule has 0 unspecified atom stereocenters. The first kappa shape index (κ1) is 20.4. The van der Waals surface area contributed by atoms with Crippen LogP contribution < -0.4 is 19.7 Å². The molecule has 29 heavy (non-hydrogen) atoms. The van der Waals surface area contributed by atoms with E-state index < -0.39 is 0 Å². The molecule has 0 saturated carbocycles. The second-order valence-corrected chi connectivity index (χ2v) is 6.38. The molecule has 1 amide bonds. The topological polar surface area (TPSA) is 94.4 Å². The number of benzene rings is 1. The maximum atomic E-state index is 12.5. The second kappa shape index (κ2) is 9.22. The van der Waals surface area contributed by atoms with Crippen LogP contribution in [-0.4, -0.2) is 53.0 Å². The van der Waals surface area contributed by atoms with E-state index in [0.717, 1.165) is 29.9 Å². The number of anilines is 1. The average Bonchev–Trinajstić information content (AvgIpc) is 3.16. The van der Waals surface area contributed by atoms with Gasteiger partial charge in [0.15, 0.2) is 17.1 Å². The van der Waals surface area contributed by atoms with E-state index in [2.05, 4.69) is 39.1 Å². The number of aromatic nitrogens is 4. The third kappa shape index (κ3) is 4.39. The van der Waals surface area contributed by atoms with Crippen molar-refractivity contribution in [2.45, 2.75) is 26.9 Å². The maximum absolute atomic E-state index is 12.5. The van der Waals surface area contributed by atoms with Crippen molar-refractivity contribution in [2.24, 2.45) is 0 Å². The third-order valence-corrected chi connectivity index (χ3v) is 4.71. The van der Waals surface area contributed by atoms with Gasteiger partial charge in [-0.15, -0.1) is 0 Å². The normalized spacial score (nSPS) is 10.8. The van der Waals surface area contributed by atoms with Crippen LogP contribution in [0.2, 0.25) is 0 Å². The highest BCUT2D eigenvalue weighted by molar-refractivity contribution is 5.87. The summed E-state index contributed by atoms with van der Waals surface area (Å²) in [5.74, 6) is 1.94. The molecule has 9 heteroatoms. The van der Waals surface area contributed by atoms with E-state index in [-0.39, 0.29) is 12.5 Å². The molecule has 3 rings (SSSR count). The highest BCUT2D eigenvalue weighted by atomic mass is 16.5. The summed E-state index contributed by atoms with van der Waals surface area (Å²) in [6, 6.07) is 5.54. The largest absolute Gasteiger partial charge is 0.493 e. The SMILES string of the molecule is CCN(CC)c1ncnc2c1cnn2CC(=O)NCc1ccc(OC)c(OC)c1. The van der Waals surface area contributed by atoms with Crippen LogP contribution in [0.25, 0.3) is 11.0 Å². The van der Waals surface area contributed by atoms with Gasteiger partial charge in [0.2, 0.25) is 5.91 Å². The Kier molecular flexibility index (Phi) is 6.48. The highest BCUT2D eigenvalue weighted by Crippen LogP contribution is 2.27. The summed E-state index contributed by atoms with van der Waals surface area (Å²) in [5.41, 5.74) is 1.55. The molecule has 0 atom stereocenters. The van der Waals surface area contributed by atoms with Crippen molar-refractivity contribution >= 4 is 22.8 Å². The number of fused-ring (bicyclic) bond motifs is 1. The molecule has 0 aliphatic carbocycles. The quantitative estimate of drug-likeness (QED) is 0.589. The van der Waals surface area contributed by atoms with E-state index in [4.69, 9.17) is 9.47 Å². The number of carbonyl (C=O) groups excluding carboxylic acids is 1. The van der Waals surface area contributed by atoms with Gasteiger partial charge in [-0.25, -0.2) is 14.6 Å². The number of nitrogens with one attached hydrogen (secondary N) is 1. The zero-order valence-electron chi connectivity index (χ0n) is 17.2. The third-order valence-electron chi connectivity index (χ3n) is 4.71. The van der Waals surface area contributed by atoms with Gasteiger partial charge in [-0.3, -0.25) is 4.79 Å². The van der Waals surface area contributed by atoms with E-state index in [0.29, 0.717) is 23.7 Å². The zero-order chi connectivity index (χ0) is 20.8. The lowest BCUT2D eigenvalue weighted by Gasteiger charge is -2.19. The fourth-order valence-electron chi connectivity index (χ4n) is 3.15. The Morgan fingerprint density at radius 2 is 1.90 bits per heavy atom. The van der Waals surface area contributed by atoms with Gasteiger partial charge < -0.3 is 19.7 Å². The van der Waals surface area contributed by atoms with E-state index in [1.807, 2.05) is 18.2 Å². The fourth-order valence-corrected chi connectivity index (χ4v) is 3.15. The molecular formula is C20H26N6O3. The minimum atomic E-state index is -0.159. The Hall–Kier alpha value is -3.36. The number of methoxy groups -OCH3 is 2. The molecule has 0 aliphatic rings. The van der Waals surface area contributed by atoms with Crippen molar-refractivity contribution in [1.82, 2.24) is 25.1 Å². The number of amides is 1. The van der Waals surface area contributed by atoms with Crippen molar-refractivity contribution in [3.05, 3.63) is 36.3 Å². The summed E-state index contributed by atoms with van der Waals surface area (Å²) in [7, 11) is 3.17. The minimum Gasteiger partial charge on any atom is -0.493 e. The van der Waals surface area contributed by atoms with Gasteiger partial charge in [0.1, 0.15) is 18.7 Å². The van der Waals surface area contributed by atoms with Gasteiger partial charge in [-0.2, -0.15) is 5.10 Å². The summed E-state index contributed by atoms with van der Waals surface area (Å²) < 4.78 is 12.1. The number of hydrogen-bond donors (Lipinski definition) is 1. The van der Waals surface area contributed by atoms with Crippen LogP contribution in [0.5, 0.6) is 11.5 Å². The molecule has 0 bridgehead atoms. The Morgan fingerprint density at radius 1 is 1.14 bits per heavy atom. The van der Waals surface area contributed by atoms with E-state index >= 15 is 0 Å². The molecule has 0 spiro atoms. The second-order valence-electron chi connectivity index (χ2n) is 6.38.